The molecule has 0 radical (unpaired) electrons. The highest BCUT2D eigenvalue weighted by Crippen LogP contribution is 2.22. The molecule has 1 amide bonds. The van der Waals surface area contributed by atoms with Crippen LogP contribution in [0.5, 0.6) is 0 Å². The summed E-state index contributed by atoms with van der Waals surface area (Å²) in [6.45, 7) is 3.70. The van der Waals surface area contributed by atoms with E-state index >= 15 is 0 Å². The van der Waals surface area contributed by atoms with Gasteiger partial charge in [-0.25, -0.2) is 20.2 Å². The van der Waals surface area contributed by atoms with Gasteiger partial charge in [0, 0.05) is 17.0 Å². The van der Waals surface area contributed by atoms with E-state index < -0.39 is 11.9 Å². The first-order valence-corrected chi connectivity index (χ1v) is 9.07. The van der Waals surface area contributed by atoms with Gasteiger partial charge in [0.15, 0.2) is 0 Å². The molecule has 8 nitrogen and oxygen atoms in total. The van der Waals surface area contributed by atoms with Crippen LogP contribution in [-0.4, -0.2) is 37.7 Å². The zero-order chi connectivity index (χ0) is 21.1. The molecule has 0 atom stereocenters. The predicted octanol–water partition coefficient (Wildman–Crippen LogP) is 3.65. The number of hydrogen-bond donors (Lipinski definition) is 2. The molecular weight excluding hydrogens is 417 g/mol. The number of aromatic nitrogens is 3. The van der Waals surface area contributed by atoms with Gasteiger partial charge in [0.05, 0.1) is 23.0 Å². The maximum atomic E-state index is 12.5. The van der Waals surface area contributed by atoms with Crippen LogP contribution in [0.25, 0.3) is 5.69 Å². The number of amides is 1. The number of carboxylic acid groups (broad SMARTS) is 1. The molecule has 3 rings (SSSR count). The van der Waals surface area contributed by atoms with Gasteiger partial charge >= 0.3 is 5.97 Å². The molecule has 10 heteroatoms. The number of halogens is 2. The SMILES string of the molecule is Cc1ccc(C)n1-c1cc(C(=O)N/N=C/c2c(Cl)ncnc2Cl)ccc1C(=O)O. The van der Waals surface area contributed by atoms with Crippen molar-refractivity contribution in [3.63, 3.8) is 0 Å². The van der Waals surface area contributed by atoms with Crippen LogP contribution < -0.4 is 5.43 Å². The molecule has 29 heavy (non-hydrogen) atoms. The van der Waals surface area contributed by atoms with Crippen molar-refractivity contribution in [1.29, 1.82) is 0 Å². The number of carboxylic acids is 1. The summed E-state index contributed by atoms with van der Waals surface area (Å²) in [5.74, 6) is -1.63. The Hall–Kier alpha value is -3.23. The van der Waals surface area contributed by atoms with Crippen LogP contribution in [0.2, 0.25) is 10.3 Å². The second-order valence-electron chi connectivity index (χ2n) is 6.06. The molecule has 0 spiro atoms. The van der Waals surface area contributed by atoms with Gasteiger partial charge in [0.1, 0.15) is 16.6 Å². The molecule has 0 unspecified atom stereocenters. The Morgan fingerprint density at radius 3 is 2.31 bits per heavy atom. The molecule has 148 valence electrons. The van der Waals surface area contributed by atoms with E-state index in [1.807, 2.05) is 26.0 Å². The maximum absolute atomic E-state index is 12.5. The number of benzene rings is 1. The third-order valence-corrected chi connectivity index (χ3v) is 4.75. The maximum Gasteiger partial charge on any atom is 0.337 e. The van der Waals surface area contributed by atoms with E-state index in [1.54, 1.807) is 4.57 Å². The standard InChI is InChI=1S/C19H15Cl2N5O3/c1-10-3-4-11(2)26(10)15-7-12(5-6-13(15)19(28)29)18(27)25-24-8-14-16(20)22-9-23-17(14)21/h3-9H,1-2H3,(H,25,27)(H,28,29)/b24-8+. The number of aromatic carboxylic acids is 1. The number of carbonyl (C=O) groups is 2. The summed E-state index contributed by atoms with van der Waals surface area (Å²) in [4.78, 5) is 31.7. The normalized spacial score (nSPS) is 11.0. The highest BCUT2D eigenvalue weighted by molar-refractivity contribution is 6.37. The topological polar surface area (TPSA) is 109 Å². The first-order chi connectivity index (χ1) is 13.8. The van der Waals surface area contributed by atoms with E-state index in [0.29, 0.717) is 5.69 Å². The second kappa shape index (κ2) is 8.42. The van der Waals surface area contributed by atoms with E-state index in [0.717, 1.165) is 11.4 Å². The molecule has 0 fully saturated rings. The third-order valence-electron chi connectivity index (χ3n) is 4.15. The van der Waals surface area contributed by atoms with Crippen molar-refractivity contribution in [1.82, 2.24) is 20.0 Å². The number of hydrogen-bond acceptors (Lipinski definition) is 5. The number of aryl methyl sites for hydroxylation is 2. The molecule has 0 saturated heterocycles. The first-order valence-electron chi connectivity index (χ1n) is 8.31. The molecule has 2 aromatic heterocycles. The van der Waals surface area contributed by atoms with Crippen LogP contribution in [0.1, 0.15) is 37.7 Å². The van der Waals surface area contributed by atoms with Gasteiger partial charge in [-0.05, 0) is 44.2 Å². The van der Waals surface area contributed by atoms with Crippen LogP contribution >= 0.6 is 23.2 Å². The van der Waals surface area contributed by atoms with Crippen molar-refractivity contribution >= 4 is 41.3 Å². The van der Waals surface area contributed by atoms with E-state index in [2.05, 4.69) is 20.5 Å². The molecule has 0 bridgehead atoms. The van der Waals surface area contributed by atoms with Crippen LogP contribution in [0.4, 0.5) is 0 Å². The zero-order valence-corrected chi connectivity index (χ0v) is 16.9. The fourth-order valence-corrected chi connectivity index (χ4v) is 3.18. The van der Waals surface area contributed by atoms with Crippen LogP contribution in [0.3, 0.4) is 0 Å². The van der Waals surface area contributed by atoms with Gasteiger partial charge in [0.2, 0.25) is 0 Å². The molecule has 1 aromatic carbocycles. The average Bonchev–Trinajstić information content (AvgIpc) is 3.01. The van der Waals surface area contributed by atoms with E-state index in [9.17, 15) is 14.7 Å². The van der Waals surface area contributed by atoms with Crippen molar-refractivity contribution in [2.75, 3.05) is 0 Å². The first kappa shape index (κ1) is 20.5. The minimum Gasteiger partial charge on any atom is -0.478 e. The number of hydrazone groups is 1. The number of nitrogens with one attached hydrogen (secondary N) is 1. The molecular formula is C19H15Cl2N5O3. The van der Waals surface area contributed by atoms with Gasteiger partial charge in [-0.3, -0.25) is 4.79 Å². The highest BCUT2D eigenvalue weighted by atomic mass is 35.5. The quantitative estimate of drug-likeness (QED) is 0.363. The Morgan fingerprint density at radius 2 is 1.72 bits per heavy atom. The highest BCUT2D eigenvalue weighted by Gasteiger charge is 2.17. The van der Waals surface area contributed by atoms with Gasteiger partial charge in [-0.1, -0.05) is 23.2 Å². The monoisotopic (exact) mass is 431 g/mol. The summed E-state index contributed by atoms with van der Waals surface area (Å²) in [5.41, 5.74) is 4.99. The van der Waals surface area contributed by atoms with E-state index in [4.69, 9.17) is 23.2 Å². The Kier molecular flexibility index (Phi) is 5.95. The van der Waals surface area contributed by atoms with Crippen molar-refractivity contribution in [3.05, 3.63) is 75.0 Å². The summed E-state index contributed by atoms with van der Waals surface area (Å²) in [6, 6.07) is 8.03. The molecule has 0 aliphatic carbocycles. The van der Waals surface area contributed by atoms with Crippen LogP contribution in [-0.2, 0) is 0 Å². The van der Waals surface area contributed by atoms with E-state index in [1.165, 1.54) is 30.7 Å². The zero-order valence-electron chi connectivity index (χ0n) is 15.3. The summed E-state index contributed by atoms with van der Waals surface area (Å²) in [5, 5.41) is 13.5. The van der Waals surface area contributed by atoms with Crippen molar-refractivity contribution < 1.29 is 14.7 Å². The van der Waals surface area contributed by atoms with Gasteiger partial charge < -0.3 is 9.67 Å². The summed E-state index contributed by atoms with van der Waals surface area (Å²) in [7, 11) is 0. The fraction of sp³-hybridized carbons (Fsp3) is 0.105. The predicted molar refractivity (Wildman–Crippen MR) is 109 cm³/mol. The van der Waals surface area contributed by atoms with Crippen molar-refractivity contribution in [3.8, 4) is 5.69 Å². The Balaban J connectivity index is 1.91. The smallest absolute Gasteiger partial charge is 0.337 e. The largest absolute Gasteiger partial charge is 0.478 e. The number of rotatable bonds is 5. The summed E-state index contributed by atoms with van der Waals surface area (Å²) >= 11 is 11.8. The molecule has 0 saturated carbocycles. The third kappa shape index (κ3) is 4.28. The second-order valence-corrected chi connectivity index (χ2v) is 6.77. The van der Waals surface area contributed by atoms with Crippen molar-refractivity contribution in [2.24, 2.45) is 5.10 Å². The molecule has 2 heterocycles. The molecule has 2 N–H and O–H groups in total. The van der Waals surface area contributed by atoms with Crippen molar-refractivity contribution in [2.45, 2.75) is 13.8 Å². The lowest BCUT2D eigenvalue weighted by Gasteiger charge is -2.14. The summed E-state index contributed by atoms with van der Waals surface area (Å²) in [6.07, 6.45) is 2.44. The number of carbonyl (C=O) groups excluding carboxylic acids is 1. The molecule has 3 aromatic rings. The molecule has 0 aliphatic rings. The average molecular weight is 432 g/mol. The van der Waals surface area contributed by atoms with E-state index in [-0.39, 0.29) is 27.0 Å². The fourth-order valence-electron chi connectivity index (χ4n) is 2.77. The Labute approximate surface area is 175 Å². The minimum atomic E-state index is -1.09. The van der Waals surface area contributed by atoms with Gasteiger partial charge in [-0.15, -0.1) is 0 Å². The van der Waals surface area contributed by atoms with Crippen LogP contribution in [0, 0.1) is 13.8 Å². The lowest BCUT2D eigenvalue weighted by atomic mass is 10.1. The Morgan fingerprint density at radius 1 is 1.10 bits per heavy atom. The number of nitrogens with zero attached hydrogens (tertiary/aromatic N) is 4. The van der Waals surface area contributed by atoms with Gasteiger partial charge in [0.25, 0.3) is 5.91 Å². The minimum absolute atomic E-state index is 0.0763. The molecule has 0 aliphatic heterocycles. The summed E-state index contributed by atoms with van der Waals surface area (Å²) < 4.78 is 1.77. The lowest BCUT2D eigenvalue weighted by molar-refractivity contribution is 0.0696. The Bertz CT molecular complexity index is 1100. The lowest BCUT2D eigenvalue weighted by Crippen LogP contribution is -2.19. The van der Waals surface area contributed by atoms with Gasteiger partial charge in [-0.2, -0.15) is 5.10 Å². The van der Waals surface area contributed by atoms with Crippen LogP contribution in [0.15, 0.2) is 41.8 Å².